The van der Waals surface area contributed by atoms with Gasteiger partial charge in [-0.15, -0.1) is 12.4 Å². The Kier molecular flexibility index (Phi) is 7.27. The summed E-state index contributed by atoms with van der Waals surface area (Å²) in [5.74, 6) is -0.0353. The van der Waals surface area contributed by atoms with Crippen molar-refractivity contribution in [2.75, 3.05) is 19.6 Å². The van der Waals surface area contributed by atoms with Crippen LogP contribution in [0.1, 0.15) is 24.8 Å². The van der Waals surface area contributed by atoms with Crippen LogP contribution in [0.15, 0.2) is 18.2 Å². The first-order valence-electron chi connectivity index (χ1n) is 6.60. The van der Waals surface area contributed by atoms with E-state index in [1.54, 1.807) is 12.1 Å². The van der Waals surface area contributed by atoms with E-state index in [0.29, 0.717) is 23.6 Å². The van der Waals surface area contributed by atoms with E-state index in [4.69, 9.17) is 11.6 Å². The van der Waals surface area contributed by atoms with Gasteiger partial charge >= 0.3 is 0 Å². The molecule has 0 saturated carbocycles. The molecule has 1 aliphatic heterocycles. The van der Waals surface area contributed by atoms with Crippen LogP contribution in [-0.4, -0.2) is 30.4 Å². The van der Waals surface area contributed by atoms with Crippen molar-refractivity contribution in [2.45, 2.75) is 25.8 Å². The lowest BCUT2D eigenvalue weighted by atomic mass is 10.2. The van der Waals surface area contributed by atoms with Crippen LogP contribution in [0, 0.1) is 5.82 Å². The minimum atomic E-state index is -0.283. The van der Waals surface area contributed by atoms with Gasteiger partial charge in [-0.1, -0.05) is 17.7 Å². The monoisotopic (exact) mass is 320 g/mol. The van der Waals surface area contributed by atoms with Crippen molar-refractivity contribution in [3.63, 3.8) is 0 Å². The van der Waals surface area contributed by atoms with Crippen LogP contribution >= 0.6 is 24.0 Å². The van der Waals surface area contributed by atoms with Gasteiger partial charge in [-0.3, -0.25) is 4.79 Å². The Balaban J connectivity index is 0.00000200. The number of amides is 1. The molecule has 1 aromatic carbocycles. The Labute approximate surface area is 129 Å². The number of rotatable bonds is 6. The molecule has 0 spiro atoms. The summed E-state index contributed by atoms with van der Waals surface area (Å²) in [5.41, 5.74) is 0.501. The van der Waals surface area contributed by atoms with Crippen LogP contribution in [0.5, 0.6) is 0 Å². The predicted octanol–water partition coefficient (Wildman–Crippen LogP) is 3.00. The zero-order chi connectivity index (χ0) is 13.7. The maximum Gasteiger partial charge on any atom is 0.222 e. The van der Waals surface area contributed by atoms with Gasteiger partial charge in [-0.2, -0.15) is 0 Å². The number of nitrogens with zero attached hydrogens (tertiary/aromatic N) is 1. The fourth-order valence-corrected chi connectivity index (χ4v) is 2.48. The summed E-state index contributed by atoms with van der Waals surface area (Å²) < 4.78 is 13.5. The van der Waals surface area contributed by atoms with Crippen molar-refractivity contribution in [2.24, 2.45) is 0 Å². The van der Waals surface area contributed by atoms with Gasteiger partial charge in [0.25, 0.3) is 0 Å². The number of hydrogen-bond donors (Lipinski definition) is 1. The zero-order valence-corrected chi connectivity index (χ0v) is 12.8. The summed E-state index contributed by atoms with van der Waals surface area (Å²) in [6, 6.07) is 4.69. The Morgan fingerprint density at radius 2 is 2.20 bits per heavy atom. The van der Waals surface area contributed by atoms with E-state index >= 15 is 0 Å². The molecule has 1 heterocycles. The number of benzene rings is 1. The molecule has 0 radical (unpaired) electrons. The van der Waals surface area contributed by atoms with E-state index in [2.05, 4.69) is 5.32 Å². The zero-order valence-electron chi connectivity index (χ0n) is 11.2. The van der Waals surface area contributed by atoms with Crippen molar-refractivity contribution in [1.82, 2.24) is 10.2 Å². The van der Waals surface area contributed by atoms with E-state index in [9.17, 15) is 9.18 Å². The molecule has 1 amide bonds. The topological polar surface area (TPSA) is 32.3 Å². The highest BCUT2D eigenvalue weighted by molar-refractivity contribution is 6.31. The van der Waals surface area contributed by atoms with Crippen LogP contribution in [0.3, 0.4) is 0 Å². The highest BCUT2D eigenvalue weighted by Gasteiger charge is 2.18. The van der Waals surface area contributed by atoms with Crippen molar-refractivity contribution in [3.05, 3.63) is 34.6 Å². The second kappa shape index (κ2) is 8.45. The molecule has 1 fully saturated rings. The average Bonchev–Trinajstić information content (AvgIpc) is 2.78. The molecule has 20 heavy (non-hydrogen) atoms. The third-order valence-electron chi connectivity index (χ3n) is 3.32. The molecule has 1 aliphatic rings. The molecule has 1 aromatic rings. The molecule has 1 saturated heterocycles. The van der Waals surface area contributed by atoms with Crippen molar-refractivity contribution in [3.8, 4) is 0 Å². The normalized spacial score (nSPS) is 14.5. The van der Waals surface area contributed by atoms with Crippen LogP contribution < -0.4 is 5.32 Å². The Hall–Kier alpha value is -0.840. The molecule has 0 atom stereocenters. The van der Waals surface area contributed by atoms with Crippen molar-refractivity contribution < 1.29 is 9.18 Å². The molecule has 0 unspecified atom stereocenters. The minimum Gasteiger partial charge on any atom is -0.343 e. The number of halogens is 3. The summed E-state index contributed by atoms with van der Waals surface area (Å²) in [5, 5.41) is 3.61. The Morgan fingerprint density at radius 1 is 1.40 bits per heavy atom. The molecule has 6 heteroatoms. The van der Waals surface area contributed by atoms with Gasteiger partial charge in [0.1, 0.15) is 5.82 Å². The first-order chi connectivity index (χ1) is 9.18. The van der Waals surface area contributed by atoms with Gasteiger partial charge in [0.15, 0.2) is 0 Å². The second-order valence-electron chi connectivity index (χ2n) is 4.71. The third-order valence-corrected chi connectivity index (χ3v) is 3.67. The molecule has 1 N–H and O–H groups in total. The van der Waals surface area contributed by atoms with E-state index < -0.39 is 0 Å². The molecule has 0 aromatic heterocycles. The number of hydrogen-bond acceptors (Lipinski definition) is 2. The van der Waals surface area contributed by atoms with Gasteiger partial charge in [0, 0.05) is 36.6 Å². The number of carbonyl (C=O) groups excluding carboxylic acids is 1. The molecule has 2 rings (SSSR count). The molecule has 3 nitrogen and oxygen atoms in total. The van der Waals surface area contributed by atoms with Crippen LogP contribution in [0.2, 0.25) is 5.02 Å². The van der Waals surface area contributed by atoms with Gasteiger partial charge in [-0.25, -0.2) is 4.39 Å². The van der Waals surface area contributed by atoms with Crippen molar-refractivity contribution >= 4 is 29.9 Å². The highest BCUT2D eigenvalue weighted by atomic mass is 35.5. The maximum atomic E-state index is 13.5. The third kappa shape index (κ3) is 4.62. The fraction of sp³-hybridized carbons (Fsp3) is 0.500. The largest absolute Gasteiger partial charge is 0.343 e. The number of likely N-dealkylation sites (tertiary alicyclic amines) is 1. The first-order valence-corrected chi connectivity index (χ1v) is 6.97. The standard InChI is InChI=1S/C14H18ClFN2O.ClH/c15-12-4-1-5-13(16)11(12)10-17-7-3-9-18-8-2-6-14(18)19;/h1,4-5,17H,2-3,6-10H2;1H. The molecular formula is C14H19Cl2FN2O. The molecular weight excluding hydrogens is 302 g/mol. The van der Waals surface area contributed by atoms with Gasteiger partial charge in [0.2, 0.25) is 5.91 Å². The first kappa shape index (κ1) is 17.2. The Morgan fingerprint density at radius 3 is 2.85 bits per heavy atom. The predicted molar refractivity (Wildman–Crippen MR) is 80.8 cm³/mol. The molecule has 0 aliphatic carbocycles. The van der Waals surface area contributed by atoms with Gasteiger partial charge < -0.3 is 10.2 Å². The van der Waals surface area contributed by atoms with Gasteiger partial charge in [-0.05, 0) is 31.5 Å². The molecule has 0 bridgehead atoms. The summed E-state index contributed by atoms with van der Waals surface area (Å²) in [6.07, 6.45) is 2.52. The summed E-state index contributed by atoms with van der Waals surface area (Å²) in [6.45, 7) is 2.81. The van der Waals surface area contributed by atoms with E-state index in [1.807, 2.05) is 4.90 Å². The number of carbonyl (C=O) groups is 1. The second-order valence-corrected chi connectivity index (χ2v) is 5.12. The minimum absolute atomic E-state index is 0. The van der Waals surface area contributed by atoms with Crippen LogP contribution in [0.25, 0.3) is 0 Å². The maximum absolute atomic E-state index is 13.5. The van der Waals surface area contributed by atoms with Gasteiger partial charge in [0.05, 0.1) is 0 Å². The average molecular weight is 321 g/mol. The van der Waals surface area contributed by atoms with E-state index in [1.165, 1.54) is 6.07 Å². The quantitative estimate of drug-likeness (QED) is 0.817. The summed E-state index contributed by atoms with van der Waals surface area (Å²) in [4.78, 5) is 13.3. The SMILES string of the molecule is Cl.O=C1CCCN1CCCNCc1c(F)cccc1Cl. The lowest BCUT2D eigenvalue weighted by molar-refractivity contribution is -0.127. The van der Waals surface area contributed by atoms with E-state index in [-0.39, 0.29) is 24.1 Å². The smallest absolute Gasteiger partial charge is 0.222 e. The summed E-state index contributed by atoms with van der Waals surface area (Å²) >= 11 is 5.93. The lowest BCUT2D eigenvalue weighted by Crippen LogP contribution is -2.28. The molecule has 112 valence electrons. The lowest BCUT2D eigenvalue weighted by Gasteiger charge is -2.15. The fourth-order valence-electron chi connectivity index (χ4n) is 2.25. The number of nitrogens with one attached hydrogen (secondary N) is 1. The van der Waals surface area contributed by atoms with Crippen LogP contribution in [-0.2, 0) is 11.3 Å². The van der Waals surface area contributed by atoms with Crippen LogP contribution in [0.4, 0.5) is 4.39 Å². The van der Waals surface area contributed by atoms with E-state index in [0.717, 1.165) is 32.5 Å². The highest BCUT2D eigenvalue weighted by Crippen LogP contribution is 2.18. The summed E-state index contributed by atoms with van der Waals surface area (Å²) in [7, 11) is 0. The Bertz CT molecular complexity index is 437. The van der Waals surface area contributed by atoms with Crippen molar-refractivity contribution in [1.29, 1.82) is 0 Å².